The van der Waals surface area contributed by atoms with Crippen LogP contribution in [0.4, 0.5) is 0 Å². The van der Waals surface area contributed by atoms with Gasteiger partial charge in [-0.25, -0.2) is 4.79 Å². The van der Waals surface area contributed by atoms with Crippen LogP contribution in [0.5, 0.6) is 17.2 Å². The van der Waals surface area contributed by atoms with E-state index in [1.54, 1.807) is 0 Å². The van der Waals surface area contributed by atoms with Crippen molar-refractivity contribution in [3.8, 4) is 17.2 Å². The first-order valence-corrected chi connectivity index (χ1v) is 6.68. The van der Waals surface area contributed by atoms with Gasteiger partial charge in [0.25, 0.3) is 0 Å². The Labute approximate surface area is 129 Å². The number of Topliss-reactive ketones (excluding diaryl/α,β-unsaturated/α-hetero) is 1. The predicted molar refractivity (Wildman–Crippen MR) is 81.6 cm³/mol. The van der Waals surface area contributed by atoms with Crippen molar-refractivity contribution in [3.05, 3.63) is 23.3 Å². The third-order valence-corrected chi connectivity index (χ3v) is 3.20. The lowest BCUT2D eigenvalue weighted by Gasteiger charge is -2.20. The van der Waals surface area contributed by atoms with Gasteiger partial charge in [-0.15, -0.1) is 0 Å². The third-order valence-electron chi connectivity index (χ3n) is 3.20. The third kappa shape index (κ3) is 3.39. The van der Waals surface area contributed by atoms with Crippen LogP contribution in [0.1, 0.15) is 37.8 Å². The number of methoxy groups -OCH3 is 2. The number of ether oxygens (including phenoxy) is 2. The first kappa shape index (κ1) is 17.6. The standard InChI is InChI=1S/C16H20O6/c1-8(2)14-11(10(9(3)17)7-13(18)19)6-12(21-4)15(20)16(14)22-5/h6-8,20H,1-5H3,(H,18,19). The van der Waals surface area contributed by atoms with Gasteiger partial charge in [0.05, 0.1) is 14.2 Å². The summed E-state index contributed by atoms with van der Waals surface area (Å²) >= 11 is 0. The fraction of sp³-hybridized carbons (Fsp3) is 0.375. The molecule has 0 aliphatic carbocycles. The van der Waals surface area contributed by atoms with Crippen LogP contribution in [0.2, 0.25) is 0 Å². The zero-order valence-electron chi connectivity index (χ0n) is 13.3. The molecule has 1 aromatic carbocycles. The van der Waals surface area contributed by atoms with Crippen LogP contribution in [0.25, 0.3) is 5.57 Å². The molecule has 22 heavy (non-hydrogen) atoms. The van der Waals surface area contributed by atoms with E-state index in [-0.39, 0.29) is 28.7 Å². The Hall–Kier alpha value is -2.50. The monoisotopic (exact) mass is 308 g/mol. The summed E-state index contributed by atoms with van der Waals surface area (Å²) in [5.41, 5.74) is 0.938. The van der Waals surface area contributed by atoms with Crippen molar-refractivity contribution in [2.45, 2.75) is 26.7 Å². The minimum Gasteiger partial charge on any atom is -0.502 e. The highest BCUT2D eigenvalue weighted by molar-refractivity contribution is 6.23. The molecule has 0 saturated carbocycles. The normalized spacial score (nSPS) is 11.5. The molecule has 0 radical (unpaired) electrons. The second-order valence-corrected chi connectivity index (χ2v) is 5.03. The lowest BCUT2D eigenvalue weighted by molar-refractivity contribution is -0.131. The highest BCUT2D eigenvalue weighted by Gasteiger charge is 2.25. The Bertz CT molecular complexity index is 628. The first-order chi connectivity index (χ1) is 10.2. The number of aliphatic carboxylic acids is 1. The predicted octanol–water partition coefficient (Wildman–Crippen LogP) is 2.59. The van der Waals surface area contributed by atoms with Gasteiger partial charge in [0.1, 0.15) is 0 Å². The van der Waals surface area contributed by atoms with Crippen LogP contribution in [0, 0.1) is 0 Å². The fourth-order valence-corrected chi connectivity index (χ4v) is 2.29. The Morgan fingerprint density at radius 1 is 1.23 bits per heavy atom. The smallest absolute Gasteiger partial charge is 0.329 e. The van der Waals surface area contributed by atoms with Gasteiger partial charge in [-0.2, -0.15) is 0 Å². The van der Waals surface area contributed by atoms with Gasteiger partial charge in [-0.1, -0.05) is 13.8 Å². The Morgan fingerprint density at radius 2 is 1.82 bits per heavy atom. The molecule has 1 aromatic rings. The molecule has 6 nitrogen and oxygen atoms in total. The summed E-state index contributed by atoms with van der Waals surface area (Å²) in [4.78, 5) is 22.9. The van der Waals surface area contributed by atoms with Crippen molar-refractivity contribution in [2.24, 2.45) is 0 Å². The van der Waals surface area contributed by atoms with Crippen LogP contribution in [0.3, 0.4) is 0 Å². The van der Waals surface area contributed by atoms with E-state index in [9.17, 15) is 14.7 Å². The average molecular weight is 308 g/mol. The maximum atomic E-state index is 11.9. The maximum Gasteiger partial charge on any atom is 0.329 e. The molecule has 0 spiro atoms. The average Bonchev–Trinajstić information content (AvgIpc) is 2.43. The van der Waals surface area contributed by atoms with Crippen molar-refractivity contribution >= 4 is 17.3 Å². The van der Waals surface area contributed by atoms with Crippen molar-refractivity contribution in [1.82, 2.24) is 0 Å². The molecule has 6 heteroatoms. The molecule has 0 aliphatic rings. The summed E-state index contributed by atoms with van der Waals surface area (Å²) < 4.78 is 10.3. The largest absolute Gasteiger partial charge is 0.502 e. The Balaban J connectivity index is 3.85. The van der Waals surface area contributed by atoms with E-state index in [1.807, 2.05) is 13.8 Å². The fourth-order valence-electron chi connectivity index (χ4n) is 2.29. The molecule has 0 unspecified atom stereocenters. The van der Waals surface area contributed by atoms with E-state index in [2.05, 4.69) is 0 Å². The van der Waals surface area contributed by atoms with Crippen LogP contribution in [-0.4, -0.2) is 36.2 Å². The van der Waals surface area contributed by atoms with Crippen molar-refractivity contribution in [1.29, 1.82) is 0 Å². The molecule has 0 bridgehead atoms. The zero-order valence-corrected chi connectivity index (χ0v) is 13.3. The number of hydrogen-bond donors (Lipinski definition) is 2. The van der Waals surface area contributed by atoms with Crippen molar-refractivity contribution < 1.29 is 29.3 Å². The second kappa shape index (κ2) is 6.98. The van der Waals surface area contributed by atoms with Crippen molar-refractivity contribution in [2.75, 3.05) is 14.2 Å². The minimum atomic E-state index is -1.23. The number of phenolic OH excluding ortho intramolecular Hbond substituents is 1. The molecule has 0 fully saturated rings. The number of aromatic hydroxyl groups is 1. The molecule has 120 valence electrons. The number of ketones is 1. The highest BCUT2D eigenvalue weighted by atomic mass is 16.5. The summed E-state index contributed by atoms with van der Waals surface area (Å²) in [5.74, 6) is -1.66. The number of carboxylic acid groups (broad SMARTS) is 1. The quantitative estimate of drug-likeness (QED) is 0.785. The van der Waals surface area contributed by atoms with Gasteiger partial charge in [-0.05, 0) is 24.5 Å². The van der Waals surface area contributed by atoms with Crippen LogP contribution in [0.15, 0.2) is 12.1 Å². The molecule has 0 saturated heterocycles. The van der Waals surface area contributed by atoms with E-state index in [1.165, 1.54) is 27.2 Å². The summed E-state index contributed by atoms with van der Waals surface area (Å²) in [6, 6.07) is 1.45. The van der Waals surface area contributed by atoms with Gasteiger partial charge in [0.15, 0.2) is 17.3 Å². The van der Waals surface area contributed by atoms with E-state index >= 15 is 0 Å². The number of carbonyl (C=O) groups is 2. The lowest BCUT2D eigenvalue weighted by Crippen LogP contribution is -2.07. The van der Waals surface area contributed by atoms with Gasteiger partial charge in [-0.3, -0.25) is 4.79 Å². The van der Waals surface area contributed by atoms with Crippen LogP contribution < -0.4 is 9.47 Å². The highest BCUT2D eigenvalue weighted by Crippen LogP contribution is 2.46. The number of phenols is 1. The number of carbonyl (C=O) groups excluding carboxylic acids is 1. The van der Waals surface area contributed by atoms with Crippen LogP contribution in [-0.2, 0) is 9.59 Å². The molecule has 0 atom stereocenters. The Kier molecular flexibility index (Phi) is 5.56. The number of hydrogen-bond acceptors (Lipinski definition) is 5. The number of benzene rings is 1. The van der Waals surface area contributed by atoms with Gasteiger partial charge < -0.3 is 19.7 Å². The van der Waals surface area contributed by atoms with Crippen LogP contribution >= 0.6 is 0 Å². The summed E-state index contributed by atoms with van der Waals surface area (Å²) in [7, 11) is 2.75. The van der Waals surface area contributed by atoms with Gasteiger partial charge in [0, 0.05) is 17.2 Å². The van der Waals surface area contributed by atoms with Gasteiger partial charge >= 0.3 is 5.97 Å². The second-order valence-electron chi connectivity index (χ2n) is 5.03. The number of carboxylic acids is 1. The lowest BCUT2D eigenvalue weighted by atomic mass is 9.89. The van der Waals surface area contributed by atoms with E-state index in [0.29, 0.717) is 11.1 Å². The molecular weight excluding hydrogens is 288 g/mol. The minimum absolute atomic E-state index is 0.0211. The van der Waals surface area contributed by atoms with Gasteiger partial charge in [0.2, 0.25) is 5.75 Å². The first-order valence-electron chi connectivity index (χ1n) is 6.68. The summed E-state index contributed by atoms with van der Waals surface area (Å²) in [6.45, 7) is 4.99. The molecule has 0 heterocycles. The zero-order chi connectivity index (χ0) is 17.0. The molecule has 0 aliphatic heterocycles. The summed E-state index contributed by atoms with van der Waals surface area (Å²) in [6.07, 6.45) is 0.847. The topological polar surface area (TPSA) is 93.1 Å². The Morgan fingerprint density at radius 3 is 2.18 bits per heavy atom. The SMILES string of the molecule is COc1cc(C(=CC(=O)O)C(C)=O)c(C(C)C)c(OC)c1O. The molecule has 0 amide bonds. The van der Waals surface area contributed by atoms with Crippen molar-refractivity contribution in [3.63, 3.8) is 0 Å². The summed E-state index contributed by atoms with van der Waals surface area (Å²) in [5, 5.41) is 19.2. The van der Waals surface area contributed by atoms with E-state index in [0.717, 1.165) is 6.08 Å². The number of rotatable bonds is 6. The maximum absolute atomic E-state index is 11.9. The van der Waals surface area contributed by atoms with E-state index in [4.69, 9.17) is 14.6 Å². The van der Waals surface area contributed by atoms with E-state index < -0.39 is 11.8 Å². The molecule has 2 N–H and O–H groups in total. The number of allylic oxidation sites excluding steroid dienone is 1. The molecule has 0 aromatic heterocycles. The molecular formula is C16H20O6. The molecule has 1 rings (SSSR count).